The van der Waals surface area contributed by atoms with Gasteiger partial charge >= 0.3 is 0 Å². The second-order valence-electron chi connectivity index (χ2n) is 4.84. The van der Waals surface area contributed by atoms with Crippen molar-refractivity contribution in [3.8, 4) is 5.75 Å². The average molecular weight is 383 g/mol. The molecule has 1 saturated heterocycles. The van der Waals surface area contributed by atoms with E-state index >= 15 is 0 Å². The second-order valence-corrected chi connectivity index (χ2v) is 6.08. The highest BCUT2D eigenvalue weighted by molar-refractivity contribution is 9.10. The van der Waals surface area contributed by atoms with E-state index in [1.54, 1.807) is 18.0 Å². The van der Waals surface area contributed by atoms with Gasteiger partial charge < -0.3 is 9.47 Å². The van der Waals surface area contributed by atoms with E-state index in [0.717, 1.165) is 35.2 Å². The van der Waals surface area contributed by atoms with Crippen molar-refractivity contribution in [3.05, 3.63) is 38.8 Å². The first kappa shape index (κ1) is 15.4. The zero-order valence-corrected chi connectivity index (χ0v) is 14.4. The Labute approximate surface area is 141 Å². The smallest absolute Gasteiger partial charge is 0.216 e. The Morgan fingerprint density at radius 2 is 2.45 bits per heavy atom. The molecule has 1 aliphatic heterocycles. The van der Waals surface area contributed by atoms with Crippen LogP contribution in [0.15, 0.2) is 27.8 Å². The number of nitrogens with zero attached hydrogens (tertiary/aromatic N) is 3. The quantitative estimate of drug-likeness (QED) is 0.649. The molecule has 1 aliphatic rings. The lowest BCUT2D eigenvalue weighted by Crippen LogP contribution is -2.05. The summed E-state index contributed by atoms with van der Waals surface area (Å²) in [6.07, 6.45) is 3.64. The molecule has 2 heterocycles. The van der Waals surface area contributed by atoms with E-state index in [1.165, 1.54) is 0 Å². The molecule has 22 heavy (non-hydrogen) atoms. The van der Waals surface area contributed by atoms with Crippen molar-refractivity contribution in [2.75, 3.05) is 13.7 Å². The van der Waals surface area contributed by atoms with Gasteiger partial charge in [-0.1, -0.05) is 0 Å². The summed E-state index contributed by atoms with van der Waals surface area (Å²) in [5.41, 5.74) is 0.925. The van der Waals surface area contributed by atoms with Crippen molar-refractivity contribution in [2.24, 2.45) is 5.10 Å². The fraction of sp³-hybridized carbons (Fsp3) is 0.357. The molecule has 1 aromatic carbocycles. The summed E-state index contributed by atoms with van der Waals surface area (Å²) >= 11 is 8.69. The molecule has 0 saturated carbocycles. The fourth-order valence-electron chi connectivity index (χ4n) is 2.29. The summed E-state index contributed by atoms with van der Waals surface area (Å²) in [5, 5.41) is 11.4. The number of aromatic amines is 1. The molecule has 3 rings (SSSR count). The summed E-state index contributed by atoms with van der Waals surface area (Å²) < 4.78 is 13.8. The first-order valence-corrected chi connectivity index (χ1v) is 8.06. The lowest BCUT2D eigenvalue weighted by molar-refractivity contribution is 0.102. The van der Waals surface area contributed by atoms with Gasteiger partial charge in [0.25, 0.3) is 0 Å². The van der Waals surface area contributed by atoms with E-state index in [1.807, 2.05) is 18.2 Å². The molecule has 0 radical (unpaired) electrons. The molecule has 1 fully saturated rings. The standard InChI is InChI=1S/C14H15BrN4O2S/c1-20-11-5-4-9(7-10(11)15)8-16-19-13(17-18-14(19)22)12-3-2-6-21-12/h4-5,7-8,12H,2-3,6H2,1H3,(H,18,22)/b16-8-. The number of hydrogen-bond donors (Lipinski definition) is 1. The Morgan fingerprint density at radius 1 is 1.59 bits per heavy atom. The van der Waals surface area contributed by atoms with Crippen LogP contribution in [-0.4, -0.2) is 34.8 Å². The molecule has 0 aliphatic carbocycles. The molecule has 1 N–H and O–H groups in total. The Morgan fingerprint density at radius 3 is 3.14 bits per heavy atom. The monoisotopic (exact) mass is 382 g/mol. The average Bonchev–Trinajstić information content (AvgIpc) is 3.15. The predicted octanol–water partition coefficient (Wildman–Crippen LogP) is 3.45. The first-order chi connectivity index (χ1) is 10.7. The van der Waals surface area contributed by atoms with E-state index in [-0.39, 0.29) is 6.10 Å². The summed E-state index contributed by atoms with van der Waals surface area (Å²) in [6, 6.07) is 5.72. The molecule has 1 unspecified atom stereocenters. The SMILES string of the molecule is COc1ccc(/C=N\n2c(C3CCCO3)n[nH]c2=S)cc1Br. The van der Waals surface area contributed by atoms with E-state index in [0.29, 0.717) is 10.6 Å². The van der Waals surface area contributed by atoms with Crippen LogP contribution in [0.4, 0.5) is 0 Å². The van der Waals surface area contributed by atoms with Crippen LogP contribution in [0.1, 0.15) is 30.3 Å². The number of halogens is 1. The number of nitrogens with one attached hydrogen (secondary N) is 1. The number of methoxy groups -OCH3 is 1. The number of benzene rings is 1. The maximum Gasteiger partial charge on any atom is 0.216 e. The van der Waals surface area contributed by atoms with Gasteiger partial charge in [-0.3, -0.25) is 5.10 Å². The molecular weight excluding hydrogens is 368 g/mol. The third-order valence-electron chi connectivity index (χ3n) is 3.39. The highest BCUT2D eigenvalue weighted by atomic mass is 79.9. The maximum atomic E-state index is 5.65. The largest absolute Gasteiger partial charge is 0.496 e. The van der Waals surface area contributed by atoms with Gasteiger partial charge in [0, 0.05) is 6.61 Å². The van der Waals surface area contributed by atoms with Crippen LogP contribution in [0.2, 0.25) is 0 Å². The van der Waals surface area contributed by atoms with E-state index in [9.17, 15) is 0 Å². The van der Waals surface area contributed by atoms with Crippen molar-refractivity contribution in [3.63, 3.8) is 0 Å². The van der Waals surface area contributed by atoms with Gasteiger partial charge in [0.15, 0.2) is 5.82 Å². The first-order valence-electron chi connectivity index (χ1n) is 6.86. The number of rotatable bonds is 4. The minimum absolute atomic E-state index is 0.0484. The van der Waals surface area contributed by atoms with Crippen LogP contribution in [-0.2, 0) is 4.74 Å². The van der Waals surface area contributed by atoms with Gasteiger partial charge in [0.2, 0.25) is 4.77 Å². The van der Waals surface area contributed by atoms with Gasteiger partial charge in [0.1, 0.15) is 11.9 Å². The number of aromatic nitrogens is 3. The van der Waals surface area contributed by atoms with Gasteiger partial charge in [-0.25, -0.2) is 0 Å². The molecule has 1 atom stereocenters. The fourth-order valence-corrected chi connectivity index (χ4v) is 3.04. The highest BCUT2D eigenvalue weighted by Crippen LogP contribution is 2.27. The molecule has 116 valence electrons. The van der Waals surface area contributed by atoms with E-state index in [4.69, 9.17) is 21.7 Å². The maximum absolute atomic E-state index is 5.65. The highest BCUT2D eigenvalue weighted by Gasteiger charge is 2.23. The van der Waals surface area contributed by atoms with Crippen LogP contribution >= 0.6 is 28.1 Å². The van der Waals surface area contributed by atoms with Crippen LogP contribution in [0.3, 0.4) is 0 Å². The summed E-state index contributed by atoms with van der Waals surface area (Å²) in [6.45, 7) is 0.749. The lowest BCUT2D eigenvalue weighted by Gasteiger charge is -2.07. The Bertz CT molecular complexity index is 750. The van der Waals surface area contributed by atoms with Crippen LogP contribution < -0.4 is 4.74 Å². The second kappa shape index (κ2) is 6.72. The summed E-state index contributed by atoms with van der Waals surface area (Å²) in [7, 11) is 1.63. The van der Waals surface area contributed by atoms with Crippen molar-refractivity contribution in [1.29, 1.82) is 0 Å². The molecule has 2 aromatic rings. The Kier molecular flexibility index (Phi) is 4.70. The topological polar surface area (TPSA) is 64.4 Å². The zero-order valence-electron chi connectivity index (χ0n) is 12.0. The summed E-state index contributed by atoms with van der Waals surface area (Å²) in [5.74, 6) is 1.49. The van der Waals surface area contributed by atoms with Crippen molar-refractivity contribution < 1.29 is 9.47 Å². The van der Waals surface area contributed by atoms with Gasteiger partial charge in [-0.2, -0.15) is 14.9 Å². The molecule has 8 heteroatoms. The number of hydrogen-bond acceptors (Lipinski definition) is 5. The van der Waals surface area contributed by atoms with Gasteiger partial charge in [-0.15, -0.1) is 0 Å². The van der Waals surface area contributed by atoms with Crippen molar-refractivity contribution >= 4 is 34.4 Å². The Hall–Kier alpha value is -1.51. The molecule has 1 aromatic heterocycles. The third-order valence-corrected chi connectivity index (χ3v) is 4.28. The van der Waals surface area contributed by atoms with E-state index in [2.05, 4.69) is 31.2 Å². The predicted molar refractivity (Wildman–Crippen MR) is 89.0 cm³/mol. The van der Waals surface area contributed by atoms with Gasteiger partial charge in [-0.05, 0) is 64.8 Å². The number of ether oxygens (including phenoxy) is 2. The van der Waals surface area contributed by atoms with Crippen LogP contribution in [0.25, 0.3) is 0 Å². The number of H-pyrrole nitrogens is 1. The molecule has 6 nitrogen and oxygen atoms in total. The third kappa shape index (κ3) is 3.13. The van der Waals surface area contributed by atoms with Crippen LogP contribution in [0, 0.1) is 4.77 Å². The zero-order chi connectivity index (χ0) is 15.5. The molecule has 0 bridgehead atoms. The van der Waals surface area contributed by atoms with Gasteiger partial charge in [0.05, 0.1) is 17.8 Å². The van der Waals surface area contributed by atoms with Crippen molar-refractivity contribution in [2.45, 2.75) is 18.9 Å². The Balaban J connectivity index is 1.88. The normalized spacial score (nSPS) is 18.2. The summed E-state index contributed by atoms with van der Waals surface area (Å²) in [4.78, 5) is 0. The minimum atomic E-state index is -0.0484. The van der Waals surface area contributed by atoms with Crippen LogP contribution in [0.5, 0.6) is 5.75 Å². The lowest BCUT2D eigenvalue weighted by atomic mass is 10.2. The molecule has 0 spiro atoms. The van der Waals surface area contributed by atoms with Crippen molar-refractivity contribution in [1.82, 2.24) is 14.9 Å². The minimum Gasteiger partial charge on any atom is -0.496 e. The van der Waals surface area contributed by atoms with E-state index < -0.39 is 0 Å². The molecule has 0 amide bonds. The molecular formula is C14H15BrN4O2S.